The monoisotopic (exact) mass is 671 g/mol. The zero-order chi connectivity index (χ0) is 34.5. The molecule has 12 heteroatoms. The number of hydrogen-bond donors (Lipinski definition) is 7. The van der Waals surface area contributed by atoms with Crippen LogP contribution in [0.3, 0.4) is 0 Å². The molecule has 2 aromatic rings. The molecule has 1 heterocycles. The van der Waals surface area contributed by atoms with E-state index in [1.807, 2.05) is 51.3 Å². The minimum absolute atomic E-state index is 0.0691. The number of amides is 3. The predicted molar refractivity (Wildman–Crippen MR) is 185 cm³/mol. The van der Waals surface area contributed by atoms with Gasteiger partial charge in [-0.05, 0) is 85.1 Å². The number of carbonyl (C=O) groups is 4. The Labute approximate surface area is 282 Å². The molecule has 0 unspecified atom stereocenters. The summed E-state index contributed by atoms with van der Waals surface area (Å²) in [6, 6.07) is 6.45. The Kier molecular flexibility index (Phi) is 15.2. The number of hydrogen-bond acceptors (Lipinski definition) is 8. The van der Waals surface area contributed by atoms with E-state index < -0.39 is 54.0 Å². The van der Waals surface area contributed by atoms with Crippen molar-refractivity contribution >= 4 is 40.7 Å². The molecular weight excluding hydrogens is 618 g/mol. The quantitative estimate of drug-likeness (QED) is 0.119. The second-order valence-corrected chi connectivity index (χ2v) is 14.2. The van der Waals surface area contributed by atoms with Gasteiger partial charge in [-0.2, -0.15) is 0 Å². The summed E-state index contributed by atoms with van der Waals surface area (Å²) in [5.74, 6) is -2.78. The van der Waals surface area contributed by atoms with Crippen molar-refractivity contribution in [3.05, 3.63) is 51.7 Å². The van der Waals surface area contributed by atoms with Crippen LogP contribution in [-0.4, -0.2) is 70.7 Å². The van der Waals surface area contributed by atoms with Crippen molar-refractivity contribution in [2.45, 2.75) is 116 Å². The molecule has 0 fully saturated rings. The van der Waals surface area contributed by atoms with Gasteiger partial charge in [-0.25, -0.2) is 0 Å². The number of nitrogens with one attached hydrogen (secondary N) is 4. The van der Waals surface area contributed by atoms with Crippen LogP contribution in [0.2, 0.25) is 0 Å². The lowest BCUT2D eigenvalue weighted by atomic mass is 9.91. The van der Waals surface area contributed by atoms with Crippen LogP contribution >= 0.6 is 11.3 Å². The first kappa shape index (κ1) is 38.0. The van der Waals surface area contributed by atoms with Gasteiger partial charge in [0.05, 0.1) is 18.2 Å². The van der Waals surface area contributed by atoms with Gasteiger partial charge < -0.3 is 37.2 Å². The Bertz CT molecular complexity index is 1320. The highest BCUT2D eigenvalue weighted by atomic mass is 32.1. The summed E-state index contributed by atoms with van der Waals surface area (Å²) in [5.41, 5.74) is 9.56. The van der Waals surface area contributed by atoms with Gasteiger partial charge in [-0.1, -0.05) is 46.2 Å². The molecule has 0 saturated carbocycles. The number of nitrogens with two attached hydrogens (primary N) is 1. The highest BCUT2D eigenvalue weighted by Crippen LogP contribution is 2.24. The largest absolute Gasteiger partial charge is 0.481 e. The van der Waals surface area contributed by atoms with Gasteiger partial charge in [0.2, 0.25) is 17.7 Å². The maximum Gasteiger partial charge on any atom is 0.303 e. The summed E-state index contributed by atoms with van der Waals surface area (Å²) in [6.07, 6.45) is 4.60. The van der Waals surface area contributed by atoms with E-state index in [1.165, 1.54) is 35.3 Å². The molecule has 1 aromatic carbocycles. The minimum Gasteiger partial charge on any atom is -0.481 e. The van der Waals surface area contributed by atoms with Crippen molar-refractivity contribution < 1.29 is 29.4 Å². The summed E-state index contributed by atoms with van der Waals surface area (Å²) >= 11 is 1.46. The molecule has 11 nitrogen and oxygen atoms in total. The number of carbonyl (C=O) groups excluding carboxylic acids is 3. The van der Waals surface area contributed by atoms with E-state index in [1.54, 1.807) is 0 Å². The van der Waals surface area contributed by atoms with Crippen molar-refractivity contribution in [2.24, 2.45) is 17.6 Å². The lowest BCUT2D eigenvalue weighted by molar-refractivity contribution is -0.137. The number of fused-ring (bicyclic) bond motifs is 1. The van der Waals surface area contributed by atoms with Crippen molar-refractivity contribution in [3.63, 3.8) is 0 Å². The molecule has 260 valence electrons. The number of aliphatic hydroxyl groups is 1. The highest BCUT2D eigenvalue weighted by Gasteiger charge is 2.33. The van der Waals surface area contributed by atoms with Crippen LogP contribution in [0.25, 0.3) is 0 Å². The molecule has 0 radical (unpaired) electrons. The Hall–Kier alpha value is -3.48. The Balaban J connectivity index is 1.73. The first-order valence-electron chi connectivity index (χ1n) is 16.8. The lowest BCUT2D eigenvalue weighted by Gasteiger charge is -2.30. The van der Waals surface area contributed by atoms with Gasteiger partial charge in [-0.15, -0.1) is 11.3 Å². The first-order chi connectivity index (χ1) is 22.4. The van der Waals surface area contributed by atoms with Crippen LogP contribution in [0.5, 0.6) is 0 Å². The van der Waals surface area contributed by atoms with Gasteiger partial charge in [0.1, 0.15) is 12.1 Å². The third-order valence-corrected chi connectivity index (χ3v) is 9.70. The van der Waals surface area contributed by atoms with Crippen molar-refractivity contribution in [1.29, 1.82) is 0 Å². The maximum absolute atomic E-state index is 13.9. The Morgan fingerprint density at radius 2 is 1.68 bits per heavy atom. The highest BCUT2D eigenvalue weighted by molar-refractivity contribution is 7.09. The Morgan fingerprint density at radius 1 is 0.957 bits per heavy atom. The van der Waals surface area contributed by atoms with Crippen LogP contribution in [-0.2, 0) is 38.4 Å². The van der Waals surface area contributed by atoms with Gasteiger partial charge >= 0.3 is 5.97 Å². The van der Waals surface area contributed by atoms with Gasteiger partial charge in [0.15, 0.2) is 0 Å². The summed E-state index contributed by atoms with van der Waals surface area (Å²) in [4.78, 5) is 52.2. The van der Waals surface area contributed by atoms with Crippen LogP contribution in [0.4, 0.5) is 5.69 Å². The molecule has 3 rings (SSSR count). The smallest absolute Gasteiger partial charge is 0.303 e. The number of thiophene rings is 1. The topological polar surface area (TPSA) is 183 Å². The molecule has 8 N–H and O–H groups in total. The molecule has 0 bridgehead atoms. The zero-order valence-corrected chi connectivity index (χ0v) is 28.9. The van der Waals surface area contributed by atoms with Crippen molar-refractivity contribution in [3.8, 4) is 0 Å². The van der Waals surface area contributed by atoms with E-state index in [0.29, 0.717) is 12.8 Å². The average molecular weight is 672 g/mol. The predicted octanol–water partition coefficient (Wildman–Crippen LogP) is 3.38. The molecule has 6 atom stereocenters. The van der Waals surface area contributed by atoms with E-state index in [2.05, 4.69) is 33.4 Å². The summed E-state index contributed by atoms with van der Waals surface area (Å²) < 4.78 is 0. The molecule has 1 aliphatic carbocycles. The fraction of sp³-hybridized carbons (Fsp3) is 0.600. The summed E-state index contributed by atoms with van der Waals surface area (Å²) in [7, 11) is 0. The number of carboxylic acid groups (broad SMARTS) is 1. The molecule has 3 amide bonds. The second kappa shape index (κ2) is 18.8. The first-order valence-corrected chi connectivity index (χ1v) is 17.7. The third-order valence-electron chi connectivity index (χ3n) is 8.80. The normalized spacial score (nSPS) is 16.6. The standard InChI is InChI=1S/C35H53N5O6S/c1-5-22(4)32(40-33(44)27(36)14-15-31(42)43)35(46)39-29(19-26-11-8-16-47-26)34(45)38-28(17-21(2)3)30(41)20-37-25-13-12-23-9-6-7-10-24(23)18-25/h8,11-13,16,18,21-22,27-30,32,37,41H,5-7,9-10,14-15,17,19-20,36H2,1-4H3,(H,38,45)(H,39,46)(H,40,44)(H,42,43)/t22-,27-,28-,29-,30+,32-/m0/s1. The van der Waals surface area contributed by atoms with Crippen LogP contribution < -0.4 is 27.0 Å². The molecule has 0 aliphatic heterocycles. The van der Waals surface area contributed by atoms with E-state index >= 15 is 0 Å². The number of anilines is 1. The fourth-order valence-electron chi connectivity index (χ4n) is 5.78. The van der Waals surface area contributed by atoms with Crippen LogP contribution in [0.15, 0.2) is 35.7 Å². The van der Waals surface area contributed by atoms with Crippen LogP contribution in [0, 0.1) is 11.8 Å². The SMILES string of the molecule is CC[C@H](C)[C@H](NC(=O)[C@@H](N)CCC(=O)O)C(=O)N[C@@H](Cc1cccs1)C(=O)N[C@@H](CC(C)C)[C@H](O)CNc1ccc2c(c1)CCCC2. The third kappa shape index (κ3) is 12.2. The zero-order valence-electron chi connectivity index (χ0n) is 28.1. The van der Waals surface area contributed by atoms with E-state index in [0.717, 1.165) is 23.4 Å². The van der Waals surface area contributed by atoms with E-state index in [-0.39, 0.29) is 37.6 Å². The molecular formula is C35H53N5O6S. The number of aliphatic carboxylic acids is 1. The van der Waals surface area contributed by atoms with Gasteiger partial charge in [-0.3, -0.25) is 19.2 Å². The van der Waals surface area contributed by atoms with Crippen molar-refractivity contribution in [2.75, 3.05) is 11.9 Å². The summed E-state index contributed by atoms with van der Waals surface area (Å²) in [5, 5.41) is 34.0. The van der Waals surface area contributed by atoms with Gasteiger partial charge in [0.25, 0.3) is 0 Å². The summed E-state index contributed by atoms with van der Waals surface area (Å²) in [6.45, 7) is 7.98. The lowest BCUT2D eigenvalue weighted by Crippen LogP contribution is -2.59. The van der Waals surface area contributed by atoms with Crippen molar-refractivity contribution in [1.82, 2.24) is 16.0 Å². The van der Waals surface area contributed by atoms with Gasteiger partial charge in [0, 0.05) is 30.0 Å². The minimum atomic E-state index is -1.09. The number of aliphatic hydroxyl groups excluding tert-OH is 1. The average Bonchev–Trinajstić information content (AvgIpc) is 3.56. The number of rotatable bonds is 19. The molecule has 47 heavy (non-hydrogen) atoms. The molecule has 0 saturated heterocycles. The number of aryl methyl sites for hydroxylation is 2. The number of benzene rings is 1. The molecule has 1 aliphatic rings. The fourth-order valence-corrected chi connectivity index (χ4v) is 6.54. The molecule has 0 spiro atoms. The Morgan fingerprint density at radius 3 is 2.32 bits per heavy atom. The van der Waals surface area contributed by atoms with Crippen LogP contribution in [0.1, 0.15) is 82.2 Å². The maximum atomic E-state index is 13.9. The number of carboxylic acids is 1. The second-order valence-electron chi connectivity index (χ2n) is 13.1. The van der Waals surface area contributed by atoms with E-state index in [9.17, 15) is 24.3 Å². The van der Waals surface area contributed by atoms with E-state index in [4.69, 9.17) is 10.8 Å². The molecule has 1 aromatic heterocycles.